The van der Waals surface area contributed by atoms with Crippen LogP contribution in [0.4, 0.5) is 0 Å². The molecule has 0 bridgehead atoms. The number of hydrogen-bond donors (Lipinski definition) is 0. The zero-order valence-corrected chi connectivity index (χ0v) is 33.6. The van der Waals surface area contributed by atoms with Gasteiger partial charge in [0.2, 0.25) is 0 Å². The van der Waals surface area contributed by atoms with Gasteiger partial charge < -0.3 is 61.3 Å². The van der Waals surface area contributed by atoms with Gasteiger partial charge in [0, 0.05) is 5.56 Å². The first-order valence-corrected chi connectivity index (χ1v) is 21.3. The SMILES string of the molecule is CC(C)(C)[Si](C)(C)OCCOCCOCCOCCOCCOCCOCCOCCOCCOCCOCCOCCOc1ccc(C=O)cc1. The molecule has 0 atom stereocenters. The highest BCUT2D eigenvalue weighted by atomic mass is 28.4. The summed E-state index contributed by atoms with van der Waals surface area (Å²) >= 11 is 0. The molecule has 0 fully saturated rings. The molecular formula is C37H68O14Si. The van der Waals surface area contributed by atoms with Crippen LogP contribution in [-0.4, -0.2) is 173 Å². The zero-order chi connectivity index (χ0) is 37.9. The van der Waals surface area contributed by atoms with Gasteiger partial charge in [0.15, 0.2) is 8.32 Å². The molecule has 1 rings (SSSR count). The molecule has 52 heavy (non-hydrogen) atoms. The lowest BCUT2D eigenvalue weighted by Gasteiger charge is -2.36. The zero-order valence-electron chi connectivity index (χ0n) is 32.6. The Hall–Kier alpha value is -1.57. The lowest BCUT2D eigenvalue weighted by molar-refractivity contribution is -0.0279. The van der Waals surface area contributed by atoms with Crippen molar-refractivity contribution in [2.75, 3.05) is 159 Å². The smallest absolute Gasteiger partial charge is 0.192 e. The van der Waals surface area contributed by atoms with Crippen molar-refractivity contribution in [1.82, 2.24) is 0 Å². The predicted molar refractivity (Wildman–Crippen MR) is 199 cm³/mol. The Morgan fingerprint density at radius 1 is 0.423 bits per heavy atom. The third-order valence-corrected chi connectivity index (χ3v) is 12.3. The van der Waals surface area contributed by atoms with Crippen molar-refractivity contribution in [2.24, 2.45) is 0 Å². The minimum atomic E-state index is -1.70. The molecule has 1 aromatic carbocycles. The van der Waals surface area contributed by atoms with Gasteiger partial charge in [-0.05, 0) is 42.4 Å². The first kappa shape index (κ1) is 48.4. The van der Waals surface area contributed by atoms with Gasteiger partial charge in [0.1, 0.15) is 18.6 Å². The molecule has 0 spiro atoms. The van der Waals surface area contributed by atoms with Gasteiger partial charge >= 0.3 is 0 Å². The van der Waals surface area contributed by atoms with Crippen molar-refractivity contribution < 1.29 is 66.1 Å². The van der Waals surface area contributed by atoms with E-state index in [1.807, 2.05) is 0 Å². The number of hydrogen-bond acceptors (Lipinski definition) is 14. The minimum absolute atomic E-state index is 0.213. The molecule has 0 aliphatic rings. The third kappa shape index (κ3) is 29.8. The van der Waals surface area contributed by atoms with Gasteiger partial charge in [-0.3, -0.25) is 4.79 Å². The highest BCUT2D eigenvalue weighted by molar-refractivity contribution is 6.74. The van der Waals surface area contributed by atoms with Crippen LogP contribution in [0.1, 0.15) is 31.1 Å². The highest BCUT2D eigenvalue weighted by Crippen LogP contribution is 2.36. The van der Waals surface area contributed by atoms with Gasteiger partial charge in [0.25, 0.3) is 0 Å². The fraction of sp³-hybridized carbons (Fsp3) is 0.811. The molecule has 1 aromatic rings. The van der Waals surface area contributed by atoms with E-state index < -0.39 is 8.32 Å². The van der Waals surface area contributed by atoms with Crippen LogP contribution in [0.25, 0.3) is 0 Å². The molecule has 0 saturated heterocycles. The summed E-state index contributed by atoms with van der Waals surface area (Å²) in [6.45, 7) is 23.4. The summed E-state index contributed by atoms with van der Waals surface area (Å²) in [6, 6.07) is 6.94. The van der Waals surface area contributed by atoms with E-state index in [0.29, 0.717) is 170 Å². The first-order chi connectivity index (χ1) is 25.3. The summed E-state index contributed by atoms with van der Waals surface area (Å²) in [6.07, 6.45) is 0.799. The van der Waals surface area contributed by atoms with E-state index in [4.69, 9.17) is 61.3 Å². The quantitative estimate of drug-likeness (QED) is 0.0541. The number of aldehydes is 1. The lowest BCUT2D eigenvalue weighted by Crippen LogP contribution is -2.41. The van der Waals surface area contributed by atoms with Crippen LogP contribution in [0.2, 0.25) is 18.1 Å². The van der Waals surface area contributed by atoms with Gasteiger partial charge in [-0.25, -0.2) is 0 Å². The molecule has 15 heteroatoms. The lowest BCUT2D eigenvalue weighted by atomic mass is 10.2. The van der Waals surface area contributed by atoms with Crippen LogP contribution in [0.5, 0.6) is 5.75 Å². The van der Waals surface area contributed by atoms with E-state index in [-0.39, 0.29) is 5.04 Å². The van der Waals surface area contributed by atoms with Gasteiger partial charge in [-0.2, -0.15) is 0 Å². The average molecular weight is 765 g/mol. The molecule has 14 nitrogen and oxygen atoms in total. The molecule has 0 N–H and O–H groups in total. The summed E-state index contributed by atoms with van der Waals surface area (Å²) in [5.74, 6) is 0.704. The van der Waals surface area contributed by atoms with E-state index in [2.05, 4.69) is 33.9 Å². The molecule has 0 saturated carbocycles. The Labute approximate surface area is 313 Å². The normalized spacial score (nSPS) is 12.1. The van der Waals surface area contributed by atoms with Crippen LogP contribution in [0.3, 0.4) is 0 Å². The van der Waals surface area contributed by atoms with Crippen LogP contribution in [-0.2, 0) is 56.5 Å². The number of benzene rings is 1. The maximum absolute atomic E-state index is 10.6. The fourth-order valence-corrected chi connectivity index (χ4v) is 4.76. The molecule has 0 radical (unpaired) electrons. The maximum Gasteiger partial charge on any atom is 0.192 e. The van der Waals surface area contributed by atoms with Crippen LogP contribution in [0.15, 0.2) is 24.3 Å². The molecule has 0 unspecified atom stereocenters. The molecule has 0 heterocycles. The summed E-state index contributed by atoms with van der Waals surface area (Å²) in [7, 11) is -1.70. The largest absolute Gasteiger partial charge is 0.491 e. The topological polar surface area (TPSA) is 137 Å². The Balaban J connectivity index is 1.65. The second kappa shape index (κ2) is 34.0. The second-order valence-corrected chi connectivity index (χ2v) is 17.7. The Kier molecular flexibility index (Phi) is 31.6. The number of rotatable bonds is 39. The van der Waals surface area contributed by atoms with E-state index in [1.54, 1.807) is 24.3 Å². The third-order valence-electron chi connectivity index (χ3n) is 7.73. The maximum atomic E-state index is 10.6. The van der Waals surface area contributed by atoms with Crippen molar-refractivity contribution in [3.63, 3.8) is 0 Å². The van der Waals surface area contributed by atoms with Crippen LogP contribution < -0.4 is 4.74 Å². The average Bonchev–Trinajstić information content (AvgIpc) is 3.12. The number of carbonyl (C=O) groups is 1. The van der Waals surface area contributed by atoms with Gasteiger partial charge in [-0.1, -0.05) is 20.8 Å². The molecule has 0 amide bonds. The number of carbonyl (C=O) groups excluding carboxylic acids is 1. The predicted octanol–water partition coefficient (Wildman–Crippen LogP) is 4.08. The summed E-state index contributed by atoms with van der Waals surface area (Å²) < 4.78 is 72.2. The fourth-order valence-electron chi connectivity index (χ4n) is 3.73. The van der Waals surface area contributed by atoms with E-state index in [9.17, 15) is 4.79 Å². The Bertz CT molecular complexity index is 917. The van der Waals surface area contributed by atoms with Crippen molar-refractivity contribution >= 4 is 14.6 Å². The van der Waals surface area contributed by atoms with E-state index >= 15 is 0 Å². The van der Waals surface area contributed by atoms with Crippen molar-refractivity contribution in [3.8, 4) is 5.75 Å². The first-order valence-electron chi connectivity index (χ1n) is 18.4. The monoisotopic (exact) mass is 764 g/mol. The molecular weight excluding hydrogens is 696 g/mol. The minimum Gasteiger partial charge on any atom is -0.491 e. The summed E-state index contributed by atoms with van der Waals surface area (Å²) in [5, 5.41) is 0.213. The molecule has 0 aliphatic carbocycles. The van der Waals surface area contributed by atoms with Crippen molar-refractivity contribution in [2.45, 2.75) is 38.9 Å². The van der Waals surface area contributed by atoms with E-state index in [1.165, 1.54) is 0 Å². The van der Waals surface area contributed by atoms with Gasteiger partial charge in [0.05, 0.1) is 152 Å². The van der Waals surface area contributed by atoms with Crippen LogP contribution >= 0.6 is 0 Å². The summed E-state index contributed by atoms with van der Waals surface area (Å²) in [5.41, 5.74) is 0.618. The molecule has 304 valence electrons. The van der Waals surface area contributed by atoms with Gasteiger partial charge in [-0.15, -0.1) is 0 Å². The molecule has 0 aliphatic heterocycles. The van der Waals surface area contributed by atoms with Crippen molar-refractivity contribution in [3.05, 3.63) is 29.8 Å². The second-order valence-electron chi connectivity index (χ2n) is 12.9. The number of ether oxygens (including phenoxy) is 12. The van der Waals surface area contributed by atoms with Crippen LogP contribution in [0, 0.1) is 0 Å². The van der Waals surface area contributed by atoms with Crippen molar-refractivity contribution in [1.29, 1.82) is 0 Å². The highest BCUT2D eigenvalue weighted by Gasteiger charge is 2.36. The standard InChI is InChI=1S/C37H68O14Si/c1-37(2,3)52(4,5)51-33-31-49-29-27-47-25-23-45-21-19-43-17-15-41-13-11-39-10-12-40-14-16-42-18-20-44-22-24-46-26-28-48-30-32-50-36-8-6-35(34-38)7-9-36/h6-9,34H,10-33H2,1-5H3. The Morgan fingerprint density at radius 3 is 0.923 bits per heavy atom. The Morgan fingerprint density at radius 2 is 0.673 bits per heavy atom. The van der Waals surface area contributed by atoms with E-state index in [0.717, 1.165) is 6.29 Å². The summed E-state index contributed by atoms with van der Waals surface area (Å²) in [4.78, 5) is 10.6. The molecule has 0 aromatic heterocycles.